The molecule has 1 aromatic rings. The molecule has 1 rings (SSSR count). The lowest BCUT2D eigenvalue weighted by Crippen LogP contribution is -1.87. The molecule has 0 aliphatic heterocycles. The molecule has 1 N–H and O–H groups in total. The quantitative estimate of drug-likeness (QED) is 0.771. The molecule has 0 aromatic carbocycles. The van der Waals surface area contributed by atoms with E-state index in [1.54, 1.807) is 0 Å². The average Bonchev–Trinajstić information content (AvgIpc) is 2.37. The lowest BCUT2D eigenvalue weighted by atomic mass is 10.2. The van der Waals surface area contributed by atoms with Crippen LogP contribution in [0.2, 0.25) is 0 Å². The lowest BCUT2D eigenvalue weighted by molar-refractivity contribution is 0.698. The maximum absolute atomic E-state index is 4.24. The Morgan fingerprint density at radius 3 is 2.91 bits per heavy atom. The number of hydrogen-bond donors (Lipinski definition) is 1. The summed E-state index contributed by atoms with van der Waals surface area (Å²) in [7, 11) is 0. The van der Waals surface area contributed by atoms with Gasteiger partial charge in [0, 0.05) is 12.6 Å². The standard InChI is InChI=1S/C8H13BrN2/c1-2-3-4-5-8-10-6-7(9)11-8/h6H,2-5H2,1H3,(H,10,11). The highest BCUT2D eigenvalue weighted by Gasteiger charge is 1.96. The van der Waals surface area contributed by atoms with Crippen molar-refractivity contribution in [1.82, 2.24) is 9.97 Å². The summed E-state index contributed by atoms with van der Waals surface area (Å²) in [6.45, 7) is 2.21. The first-order chi connectivity index (χ1) is 5.33. The van der Waals surface area contributed by atoms with Gasteiger partial charge in [0.1, 0.15) is 10.4 Å². The number of aryl methyl sites for hydroxylation is 1. The fraction of sp³-hybridized carbons (Fsp3) is 0.625. The van der Waals surface area contributed by atoms with Crippen LogP contribution >= 0.6 is 15.9 Å². The number of nitrogens with zero attached hydrogens (tertiary/aromatic N) is 1. The number of rotatable bonds is 4. The van der Waals surface area contributed by atoms with Crippen LogP contribution in [0.1, 0.15) is 32.0 Å². The summed E-state index contributed by atoms with van der Waals surface area (Å²) in [6.07, 6.45) is 6.73. The molecule has 0 saturated carbocycles. The van der Waals surface area contributed by atoms with Crippen LogP contribution < -0.4 is 0 Å². The molecule has 2 nitrogen and oxygen atoms in total. The van der Waals surface area contributed by atoms with Gasteiger partial charge >= 0.3 is 0 Å². The molecule has 0 spiro atoms. The first-order valence-corrected chi connectivity index (χ1v) is 4.82. The Morgan fingerprint density at radius 2 is 2.36 bits per heavy atom. The fourth-order valence-electron chi connectivity index (χ4n) is 1.01. The number of aromatic amines is 1. The Hall–Kier alpha value is -0.310. The van der Waals surface area contributed by atoms with Crippen molar-refractivity contribution in [3.63, 3.8) is 0 Å². The number of hydrogen-bond acceptors (Lipinski definition) is 1. The number of halogens is 1. The fourth-order valence-corrected chi connectivity index (χ4v) is 1.34. The van der Waals surface area contributed by atoms with Crippen LogP contribution in [0.4, 0.5) is 0 Å². The maximum atomic E-state index is 4.24. The smallest absolute Gasteiger partial charge is 0.124 e. The summed E-state index contributed by atoms with van der Waals surface area (Å²) in [5.41, 5.74) is 0. The Balaban J connectivity index is 2.27. The van der Waals surface area contributed by atoms with Crippen LogP contribution in [0.25, 0.3) is 0 Å². The maximum Gasteiger partial charge on any atom is 0.124 e. The highest BCUT2D eigenvalue weighted by atomic mass is 79.9. The Morgan fingerprint density at radius 1 is 1.55 bits per heavy atom. The summed E-state index contributed by atoms with van der Waals surface area (Å²) in [5, 5.41) is 0. The second-order valence-electron chi connectivity index (χ2n) is 2.63. The van der Waals surface area contributed by atoms with Gasteiger partial charge in [-0.1, -0.05) is 19.8 Å². The molecule has 0 atom stereocenters. The van der Waals surface area contributed by atoms with Crippen LogP contribution in [0.15, 0.2) is 10.8 Å². The predicted molar refractivity (Wildman–Crippen MR) is 49.5 cm³/mol. The van der Waals surface area contributed by atoms with Gasteiger partial charge in [0.15, 0.2) is 0 Å². The molecule has 0 aliphatic carbocycles. The number of imidazole rings is 1. The highest BCUT2D eigenvalue weighted by Crippen LogP contribution is 2.07. The van der Waals surface area contributed by atoms with Crippen molar-refractivity contribution < 1.29 is 0 Å². The van der Waals surface area contributed by atoms with Crippen LogP contribution in [-0.4, -0.2) is 9.97 Å². The molecule has 0 radical (unpaired) electrons. The van der Waals surface area contributed by atoms with E-state index in [1.807, 2.05) is 6.20 Å². The first kappa shape index (κ1) is 8.78. The highest BCUT2D eigenvalue weighted by molar-refractivity contribution is 9.10. The Kier molecular flexibility index (Phi) is 3.63. The SMILES string of the molecule is CCCCCc1nc(Br)c[nH]1. The normalized spacial score (nSPS) is 10.4. The molecule has 11 heavy (non-hydrogen) atoms. The van der Waals surface area contributed by atoms with Gasteiger partial charge in [-0.15, -0.1) is 0 Å². The van der Waals surface area contributed by atoms with E-state index < -0.39 is 0 Å². The van der Waals surface area contributed by atoms with Gasteiger partial charge in [0.25, 0.3) is 0 Å². The van der Waals surface area contributed by atoms with Crippen molar-refractivity contribution in [3.8, 4) is 0 Å². The first-order valence-electron chi connectivity index (χ1n) is 4.02. The third-order valence-corrected chi connectivity index (χ3v) is 2.02. The minimum absolute atomic E-state index is 0.906. The zero-order valence-corrected chi connectivity index (χ0v) is 8.32. The minimum atomic E-state index is 0.906. The molecular weight excluding hydrogens is 204 g/mol. The van der Waals surface area contributed by atoms with Crippen LogP contribution in [0, 0.1) is 0 Å². The topological polar surface area (TPSA) is 28.7 Å². The summed E-state index contributed by atoms with van der Waals surface area (Å²) in [4.78, 5) is 7.35. The van der Waals surface area contributed by atoms with Gasteiger partial charge in [-0.3, -0.25) is 0 Å². The van der Waals surface area contributed by atoms with Crippen molar-refractivity contribution in [2.75, 3.05) is 0 Å². The number of H-pyrrole nitrogens is 1. The zero-order chi connectivity index (χ0) is 8.10. The largest absolute Gasteiger partial charge is 0.348 e. The summed E-state index contributed by atoms with van der Waals surface area (Å²) < 4.78 is 0.906. The van der Waals surface area contributed by atoms with E-state index in [0.29, 0.717) is 0 Å². The van der Waals surface area contributed by atoms with Gasteiger partial charge in [-0.05, 0) is 22.4 Å². The monoisotopic (exact) mass is 216 g/mol. The number of aromatic nitrogens is 2. The molecule has 62 valence electrons. The second-order valence-corrected chi connectivity index (χ2v) is 3.44. The third-order valence-electron chi connectivity index (χ3n) is 1.62. The van der Waals surface area contributed by atoms with Crippen molar-refractivity contribution >= 4 is 15.9 Å². The van der Waals surface area contributed by atoms with Crippen LogP contribution in [-0.2, 0) is 6.42 Å². The summed E-state index contributed by atoms with van der Waals surface area (Å²) >= 11 is 3.30. The van der Waals surface area contributed by atoms with E-state index in [9.17, 15) is 0 Å². The van der Waals surface area contributed by atoms with Gasteiger partial charge < -0.3 is 4.98 Å². The number of nitrogens with one attached hydrogen (secondary N) is 1. The number of unbranched alkanes of at least 4 members (excludes halogenated alkanes) is 2. The molecule has 1 heterocycles. The molecule has 0 bridgehead atoms. The van der Waals surface area contributed by atoms with Crippen molar-refractivity contribution in [1.29, 1.82) is 0 Å². The molecule has 0 unspecified atom stereocenters. The van der Waals surface area contributed by atoms with Gasteiger partial charge in [-0.25, -0.2) is 4.98 Å². The molecule has 3 heteroatoms. The molecule has 0 saturated heterocycles. The third kappa shape index (κ3) is 3.06. The van der Waals surface area contributed by atoms with E-state index in [2.05, 4.69) is 32.8 Å². The molecule has 0 amide bonds. The lowest BCUT2D eigenvalue weighted by Gasteiger charge is -1.93. The van der Waals surface area contributed by atoms with Crippen LogP contribution in [0.5, 0.6) is 0 Å². The Bertz CT molecular complexity index is 208. The summed E-state index contributed by atoms with van der Waals surface area (Å²) in [5.74, 6) is 1.09. The Labute approximate surface area is 75.6 Å². The second kappa shape index (κ2) is 4.54. The molecule has 0 aliphatic rings. The van der Waals surface area contributed by atoms with Crippen LogP contribution in [0.3, 0.4) is 0 Å². The van der Waals surface area contributed by atoms with Crippen molar-refractivity contribution in [2.45, 2.75) is 32.6 Å². The van der Waals surface area contributed by atoms with E-state index >= 15 is 0 Å². The van der Waals surface area contributed by atoms with E-state index in [0.717, 1.165) is 16.8 Å². The van der Waals surface area contributed by atoms with E-state index in [1.165, 1.54) is 19.3 Å². The molecule has 0 fully saturated rings. The summed E-state index contributed by atoms with van der Waals surface area (Å²) in [6, 6.07) is 0. The minimum Gasteiger partial charge on any atom is -0.348 e. The van der Waals surface area contributed by atoms with Crippen molar-refractivity contribution in [2.24, 2.45) is 0 Å². The van der Waals surface area contributed by atoms with Gasteiger partial charge in [0.05, 0.1) is 0 Å². The molecule has 1 aromatic heterocycles. The average molecular weight is 217 g/mol. The predicted octanol–water partition coefficient (Wildman–Crippen LogP) is 2.90. The van der Waals surface area contributed by atoms with Gasteiger partial charge in [0.2, 0.25) is 0 Å². The van der Waals surface area contributed by atoms with E-state index in [4.69, 9.17) is 0 Å². The zero-order valence-electron chi connectivity index (χ0n) is 6.73. The van der Waals surface area contributed by atoms with E-state index in [-0.39, 0.29) is 0 Å². The van der Waals surface area contributed by atoms with Crippen molar-refractivity contribution in [3.05, 3.63) is 16.6 Å². The van der Waals surface area contributed by atoms with Gasteiger partial charge in [-0.2, -0.15) is 0 Å². The molecular formula is C8H13BrN2.